The molecule has 11 heteroatoms. The third-order valence-electron chi connectivity index (χ3n) is 5.82. The summed E-state index contributed by atoms with van der Waals surface area (Å²) in [5.74, 6) is -1.04. The first-order valence-electron chi connectivity index (χ1n) is 12.8. The number of benzene rings is 2. The van der Waals surface area contributed by atoms with E-state index in [1.165, 1.54) is 6.92 Å². The number of hydrogen-bond acceptors (Lipinski definition) is 7. The average Bonchev–Trinajstić information content (AvgIpc) is 2.97. The van der Waals surface area contributed by atoms with Crippen LogP contribution in [0, 0.1) is 0 Å². The maximum Gasteiger partial charge on any atom is 0.407 e. The van der Waals surface area contributed by atoms with Gasteiger partial charge in [-0.2, -0.15) is 0 Å². The number of nitrogens with two attached hydrogens (primary N) is 1. The summed E-state index contributed by atoms with van der Waals surface area (Å²) >= 11 is 0. The van der Waals surface area contributed by atoms with Gasteiger partial charge in [0.2, 0.25) is 5.91 Å². The first-order valence-corrected chi connectivity index (χ1v) is 12.8. The number of alkyl carbamates (subject to hydrolysis) is 1. The van der Waals surface area contributed by atoms with Gasteiger partial charge in [0, 0.05) is 12.7 Å². The molecule has 0 bridgehead atoms. The number of primary amides is 1. The summed E-state index contributed by atoms with van der Waals surface area (Å²) in [4.78, 5) is 52.7. The van der Waals surface area contributed by atoms with Crippen LogP contribution in [0.5, 0.6) is 0 Å². The second kappa shape index (κ2) is 15.5. The predicted octanol–water partition coefficient (Wildman–Crippen LogP) is 2.73. The highest BCUT2D eigenvalue weighted by Gasteiger charge is 2.25. The molecule has 210 valence electrons. The Hall–Kier alpha value is -4.93. The van der Waals surface area contributed by atoms with E-state index in [2.05, 4.69) is 20.9 Å². The number of rotatable bonds is 13. The van der Waals surface area contributed by atoms with E-state index in [1.54, 1.807) is 18.3 Å². The molecule has 2 unspecified atom stereocenters. The fourth-order valence-electron chi connectivity index (χ4n) is 3.64. The summed E-state index contributed by atoms with van der Waals surface area (Å²) in [6, 6.07) is 21.4. The summed E-state index contributed by atoms with van der Waals surface area (Å²) in [6.07, 6.45) is -0.475. The highest BCUT2D eigenvalue weighted by molar-refractivity contribution is 5.89. The molecule has 0 spiro atoms. The Morgan fingerprint density at radius 1 is 0.825 bits per heavy atom. The molecule has 1 aromatic heterocycles. The summed E-state index contributed by atoms with van der Waals surface area (Å²) in [6.45, 7) is 2.05. The van der Waals surface area contributed by atoms with E-state index in [9.17, 15) is 19.2 Å². The minimum absolute atomic E-state index is 0.171. The van der Waals surface area contributed by atoms with Crippen molar-refractivity contribution in [2.24, 2.45) is 5.73 Å². The summed E-state index contributed by atoms with van der Waals surface area (Å²) < 4.78 is 10.1. The molecule has 0 saturated carbocycles. The van der Waals surface area contributed by atoms with Crippen molar-refractivity contribution in [3.63, 3.8) is 0 Å². The molecule has 2 aromatic carbocycles. The third kappa shape index (κ3) is 10.4. The molecule has 5 N–H and O–H groups in total. The highest BCUT2D eigenvalue weighted by atomic mass is 16.6. The molecule has 0 radical (unpaired) electrons. The smallest absolute Gasteiger partial charge is 0.407 e. The first kappa shape index (κ1) is 29.6. The van der Waals surface area contributed by atoms with Crippen LogP contribution in [0.25, 0.3) is 0 Å². The van der Waals surface area contributed by atoms with Crippen molar-refractivity contribution in [1.82, 2.24) is 20.9 Å². The molecule has 0 aliphatic rings. The van der Waals surface area contributed by atoms with E-state index in [0.29, 0.717) is 12.1 Å². The van der Waals surface area contributed by atoms with Gasteiger partial charge in [0.15, 0.2) is 6.10 Å². The number of carbonyl (C=O) groups excluding carboxylic acids is 4. The molecule has 11 nitrogen and oxygen atoms in total. The van der Waals surface area contributed by atoms with Gasteiger partial charge in [-0.25, -0.2) is 9.59 Å². The number of amides is 4. The van der Waals surface area contributed by atoms with Gasteiger partial charge < -0.3 is 31.2 Å². The Balaban J connectivity index is 1.40. The number of hydrogen-bond donors (Lipinski definition) is 4. The Morgan fingerprint density at radius 3 is 2.12 bits per heavy atom. The van der Waals surface area contributed by atoms with Crippen molar-refractivity contribution < 1.29 is 28.7 Å². The normalized spacial score (nSPS) is 11.9. The third-order valence-corrected chi connectivity index (χ3v) is 5.82. The van der Waals surface area contributed by atoms with Crippen LogP contribution < -0.4 is 21.7 Å². The van der Waals surface area contributed by atoms with E-state index in [-0.39, 0.29) is 26.1 Å². The Morgan fingerprint density at radius 2 is 1.50 bits per heavy atom. The fourth-order valence-corrected chi connectivity index (χ4v) is 3.64. The van der Waals surface area contributed by atoms with Crippen LogP contribution >= 0.6 is 0 Å². The second-order valence-corrected chi connectivity index (χ2v) is 8.97. The molecular formula is C29H33N5O6. The first-order chi connectivity index (χ1) is 19.3. The molecule has 0 saturated heterocycles. The van der Waals surface area contributed by atoms with Gasteiger partial charge >= 0.3 is 12.2 Å². The number of nitrogens with zero attached hydrogens (tertiary/aromatic N) is 1. The van der Waals surface area contributed by atoms with E-state index >= 15 is 0 Å². The lowest BCUT2D eigenvalue weighted by molar-refractivity contribution is -0.134. The lowest BCUT2D eigenvalue weighted by atomic mass is 10.1. The molecular weight excluding hydrogens is 514 g/mol. The summed E-state index contributed by atoms with van der Waals surface area (Å²) in [5.41, 5.74) is 8.32. The minimum Gasteiger partial charge on any atom is -0.445 e. The minimum atomic E-state index is -1.13. The molecule has 2 atom stereocenters. The zero-order valence-corrected chi connectivity index (χ0v) is 22.2. The highest BCUT2D eigenvalue weighted by Crippen LogP contribution is 2.09. The number of ether oxygens (including phenoxy) is 2. The van der Waals surface area contributed by atoms with Crippen LogP contribution in [0.3, 0.4) is 0 Å². The van der Waals surface area contributed by atoms with Gasteiger partial charge in [-0.15, -0.1) is 0 Å². The molecule has 0 aliphatic carbocycles. The van der Waals surface area contributed by atoms with Crippen LogP contribution in [0.2, 0.25) is 0 Å². The lowest BCUT2D eigenvalue weighted by Crippen LogP contribution is -2.49. The van der Waals surface area contributed by atoms with Crippen LogP contribution in [0.1, 0.15) is 35.7 Å². The molecule has 3 rings (SSSR count). The fraction of sp³-hybridized carbons (Fsp3) is 0.276. The van der Waals surface area contributed by atoms with Gasteiger partial charge in [0.25, 0.3) is 5.91 Å². The molecule has 40 heavy (non-hydrogen) atoms. The van der Waals surface area contributed by atoms with Gasteiger partial charge in [0.05, 0.1) is 12.2 Å². The van der Waals surface area contributed by atoms with Gasteiger partial charge in [-0.3, -0.25) is 14.6 Å². The number of nitrogens with one attached hydrogen (secondary N) is 3. The monoisotopic (exact) mass is 547 g/mol. The zero-order chi connectivity index (χ0) is 28.7. The molecule has 0 aliphatic heterocycles. The average molecular weight is 548 g/mol. The molecule has 1 heterocycles. The molecule has 3 aromatic rings. The Labute approximate surface area is 232 Å². The summed E-state index contributed by atoms with van der Waals surface area (Å²) in [5, 5.41) is 7.93. The Kier molecular flexibility index (Phi) is 11.5. The second-order valence-electron chi connectivity index (χ2n) is 8.97. The molecule has 0 fully saturated rings. The van der Waals surface area contributed by atoms with E-state index < -0.39 is 36.1 Å². The van der Waals surface area contributed by atoms with Crippen LogP contribution in [0.15, 0.2) is 79.0 Å². The van der Waals surface area contributed by atoms with Crippen LogP contribution in [-0.2, 0) is 45.2 Å². The number of aromatic nitrogens is 1. The standard InChI is InChI=1S/C29H33N5O6/c1-20(34-27(36)25(40-28(30)37)15-13-21-8-4-2-5-9-21)26(35)32-17-23-12-14-24(31-16-23)18-33-29(38)39-19-22-10-6-3-7-11-22/h2-12,14,16,20,25H,13,15,17-19H2,1H3,(H2,30,37)(H,32,35)(H,33,38)(H,34,36). The summed E-state index contributed by atoms with van der Waals surface area (Å²) in [7, 11) is 0. The van der Waals surface area contributed by atoms with Crippen molar-refractivity contribution in [3.8, 4) is 0 Å². The van der Waals surface area contributed by atoms with Crippen molar-refractivity contribution >= 4 is 24.0 Å². The van der Waals surface area contributed by atoms with Gasteiger partial charge in [0.1, 0.15) is 12.6 Å². The number of carbonyl (C=O) groups is 4. The number of pyridine rings is 1. The maximum absolute atomic E-state index is 12.7. The van der Waals surface area contributed by atoms with Gasteiger partial charge in [-0.05, 0) is 42.5 Å². The van der Waals surface area contributed by atoms with Gasteiger partial charge in [-0.1, -0.05) is 66.7 Å². The van der Waals surface area contributed by atoms with Crippen molar-refractivity contribution in [3.05, 3.63) is 101 Å². The maximum atomic E-state index is 12.7. The van der Waals surface area contributed by atoms with E-state index in [1.807, 2.05) is 60.7 Å². The quantitative estimate of drug-likeness (QED) is 0.256. The molecule has 4 amide bonds. The lowest BCUT2D eigenvalue weighted by Gasteiger charge is -2.20. The number of aryl methyl sites for hydroxylation is 1. The van der Waals surface area contributed by atoms with Crippen molar-refractivity contribution in [2.75, 3.05) is 0 Å². The topological polar surface area (TPSA) is 162 Å². The van der Waals surface area contributed by atoms with E-state index in [4.69, 9.17) is 15.2 Å². The van der Waals surface area contributed by atoms with Crippen LogP contribution in [-0.4, -0.2) is 41.1 Å². The van der Waals surface area contributed by atoms with Crippen molar-refractivity contribution in [1.29, 1.82) is 0 Å². The zero-order valence-electron chi connectivity index (χ0n) is 22.2. The largest absolute Gasteiger partial charge is 0.445 e. The predicted molar refractivity (Wildman–Crippen MR) is 146 cm³/mol. The van der Waals surface area contributed by atoms with E-state index in [0.717, 1.165) is 16.7 Å². The van der Waals surface area contributed by atoms with Crippen molar-refractivity contribution in [2.45, 2.75) is 51.6 Å². The SMILES string of the molecule is CC(NC(=O)C(CCc1ccccc1)OC(N)=O)C(=O)NCc1ccc(CNC(=O)OCc2ccccc2)nc1. The Bertz CT molecular complexity index is 1250. The van der Waals surface area contributed by atoms with Crippen LogP contribution in [0.4, 0.5) is 9.59 Å².